The summed E-state index contributed by atoms with van der Waals surface area (Å²) in [4.78, 5) is 0. The Morgan fingerprint density at radius 2 is 2.47 bits per heavy atom. The largest absolute Gasteiger partial charge is 0.364 e. The Morgan fingerprint density at radius 1 is 1.47 bits per heavy atom. The van der Waals surface area contributed by atoms with Crippen molar-refractivity contribution in [3.05, 3.63) is 30.0 Å². The molecule has 0 aliphatic carbocycles. The SMILES string of the molecule is c1cc2conc2cc1CC1CCCN1. The number of hydrogen-bond acceptors (Lipinski definition) is 3. The number of rotatable bonds is 2. The highest BCUT2D eigenvalue weighted by molar-refractivity contribution is 5.77. The Balaban J connectivity index is 1.84. The zero-order chi connectivity index (χ0) is 10.1. The van der Waals surface area contributed by atoms with Crippen molar-refractivity contribution in [2.24, 2.45) is 0 Å². The van der Waals surface area contributed by atoms with Gasteiger partial charge >= 0.3 is 0 Å². The van der Waals surface area contributed by atoms with Gasteiger partial charge in [0.05, 0.1) is 0 Å². The topological polar surface area (TPSA) is 38.1 Å². The van der Waals surface area contributed by atoms with Crippen LogP contribution in [0.1, 0.15) is 18.4 Å². The maximum atomic E-state index is 4.92. The minimum absolute atomic E-state index is 0.648. The van der Waals surface area contributed by atoms with E-state index in [1.807, 2.05) is 0 Å². The van der Waals surface area contributed by atoms with Gasteiger partial charge in [-0.2, -0.15) is 0 Å². The van der Waals surface area contributed by atoms with E-state index in [2.05, 4.69) is 28.7 Å². The molecular weight excluding hydrogens is 188 g/mol. The van der Waals surface area contributed by atoms with Crippen LogP contribution in [-0.4, -0.2) is 17.7 Å². The fourth-order valence-corrected chi connectivity index (χ4v) is 2.25. The fraction of sp³-hybridized carbons (Fsp3) is 0.417. The van der Waals surface area contributed by atoms with Gasteiger partial charge in [-0.15, -0.1) is 0 Å². The molecule has 0 amide bonds. The van der Waals surface area contributed by atoms with E-state index in [1.165, 1.54) is 18.4 Å². The van der Waals surface area contributed by atoms with Crippen LogP contribution < -0.4 is 5.32 Å². The third-order valence-electron chi connectivity index (χ3n) is 3.07. The maximum absolute atomic E-state index is 4.92. The van der Waals surface area contributed by atoms with Gasteiger partial charge in [0.1, 0.15) is 11.8 Å². The van der Waals surface area contributed by atoms with E-state index < -0.39 is 0 Å². The van der Waals surface area contributed by atoms with E-state index in [9.17, 15) is 0 Å². The Morgan fingerprint density at radius 3 is 3.33 bits per heavy atom. The molecule has 1 N–H and O–H groups in total. The summed E-state index contributed by atoms with van der Waals surface area (Å²) < 4.78 is 4.92. The van der Waals surface area contributed by atoms with Gasteiger partial charge in [0.15, 0.2) is 0 Å². The highest BCUT2D eigenvalue weighted by Crippen LogP contribution is 2.17. The van der Waals surface area contributed by atoms with Gasteiger partial charge in [-0.05, 0) is 43.5 Å². The molecule has 2 aromatic rings. The van der Waals surface area contributed by atoms with Gasteiger partial charge < -0.3 is 9.84 Å². The summed E-state index contributed by atoms with van der Waals surface area (Å²) >= 11 is 0. The van der Waals surface area contributed by atoms with Crippen LogP contribution in [0.15, 0.2) is 29.0 Å². The lowest BCUT2D eigenvalue weighted by molar-refractivity contribution is 0.428. The van der Waals surface area contributed by atoms with Crippen molar-refractivity contribution in [2.45, 2.75) is 25.3 Å². The van der Waals surface area contributed by atoms with E-state index in [0.717, 1.165) is 23.9 Å². The lowest BCUT2D eigenvalue weighted by atomic mass is 10.0. The fourth-order valence-electron chi connectivity index (χ4n) is 2.25. The van der Waals surface area contributed by atoms with Crippen molar-refractivity contribution in [1.82, 2.24) is 10.5 Å². The summed E-state index contributed by atoms with van der Waals surface area (Å²) in [7, 11) is 0. The molecule has 0 spiro atoms. The summed E-state index contributed by atoms with van der Waals surface area (Å²) in [5.74, 6) is 0. The predicted molar refractivity (Wildman–Crippen MR) is 58.7 cm³/mol. The molecule has 1 fully saturated rings. The molecule has 3 rings (SSSR count). The number of aromatic nitrogens is 1. The van der Waals surface area contributed by atoms with Crippen LogP contribution in [0.3, 0.4) is 0 Å². The first-order chi connectivity index (χ1) is 7.42. The second-order valence-electron chi connectivity index (χ2n) is 4.21. The molecule has 1 aromatic heterocycles. The van der Waals surface area contributed by atoms with Gasteiger partial charge in [-0.1, -0.05) is 11.2 Å². The normalized spacial score (nSPS) is 21.2. The highest BCUT2D eigenvalue weighted by atomic mass is 16.5. The number of fused-ring (bicyclic) bond motifs is 1. The van der Waals surface area contributed by atoms with Crippen LogP contribution in [0.4, 0.5) is 0 Å². The first kappa shape index (κ1) is 8.92. The van der Waals surface area contributed by atoms with Crippen LogP contribution in [0.25, 0.3) is 10.9 Å². The molecule has 1 saturated heterocycles. The minimum atomic E-state index is 0.648. The van der Waals surface area contributed by atoms with E-state index in [4.69, 9.17) is 4.52 Å². The molecular formula is C12H14N2O. The lowest BCUT2D eigenvalue weighted by Gasteiger charge is -2.09. The first-order valence-corrected chi connectivity index (χ1v) is 5.48. The molecule has 1 aliphatic rings. The number of nitrogens with one attached hydrogen (secondary N) is 1. The third kappa shape index (κ3) is 1.75. The van der Waals surface area contributed by atoms with Crippen LogP contribution >= 0.6 is 0 Å². The summed E-state index contributed by atoms with van der Waals surface area (Å²) in [6, 6.07) is 7.02. The molecule has 78 valence electrons. The predicted octanol–water partition coefficient (Wildman–Crippen LogP) is 2.12. The average Bonchev–Trinajstić information content (AvgIpc) is 2.87. The van der Waals surface area contributed by atoms with Crippen molar-refractivity contribution in [3.8, 4) is 0 Å². The van der Waals surface area contributed by atoms with Crippen LogP contribution in [0, 0.1) is 0 Å². The molecule has 15 heavy (non-hydrogen) atoms. The van der Waals surface area contributed by atoms with E-state index in [0.29, 0.717) is 6.04 Å². The Bertz CT molecular complexity index is 457. The van der Waals surface area contributed by atoms with E-state index in [1.54, 1.807) is 6.26 Å². The standard InChI is InChI=1S/C12H14N2O/c1-2-11(13-5-1)6-9-3-4-10-8-15-14-12(10)7-9/h3-4,7-8,11,13H,1-2,5-6H2. The molecule has 3 heteroatoms. The molecule has 1 atom stereocenters. The molecule has 0 bridgehead atoms. The molecule has 1 unspecified atom stereocenters. The van der Waals surface area contributed by atoms with Crippen molar-refractivity contribution >= 4 is 10.9 Å². The van der Waals surface area contributed by atoms with Gasteiger partial charge in [-0.25, -0.2) is 0 Å². The van der Waals surface area contributed by atoms with Gasteiger partial charge in [0.25, 0.3) is 0 Å². The summed E-state index contributed by atoms with van der Waals surface area (Å²) in [5, 5.41) is 8.54. The average molecular weight is 202 g/mol. The van der Waals surface area contributed by atoms with Crippen LogP contribution in [-0.2, 0) is 6.42 Å². The molecule has 1 aliphatic heterocycles. The zero-order valence-corrected chi connectivity index (χ0v) is 8.57. The van der Waals surface area contributed by atoms with E-state index in [-0.39, 0.29) is 0 Å². The lowest BCUT2D eigenvalue weighted by Crippen LogP contribution is -2.23. The van der Waals surface area contributed by atoms with Gasteiger partial charge in [0.2, 0.25) is 0 Å². The van der Waals surface area contributed by atoms with E-state index >= 15 is 0 Å². The smallest absolute Gasteiger partial charge is 0.131 e. The Hall–Kier alpha value is -1.35. The minimum Gasteiger partial charge on any atom is -0.364 e. The molecule has 1 aromatic carbocycles. The highest BCUT2D eigenvalue weighted by Gasteiger charge is 2.14. The number of nitrogens with zero attached hydrogens (tertiary/aromatic N) is 1. The third-order valence-corrected chi connectivity index (χ3v) is 3.07. The maximum Gasteiger partial charge on any atom is 0.131 e. The first-order valence-electron chi connectivity index (χ1n) is 5.48. The zero-order valence-electron chi connectivity index (χ0n) is 8.57. The molecule has 0 saturated carbocycles. The number of benzene rings is 1. The van der Waals surface area contributed by atoms with Crippen LogP contribution in [0.2, 0.25) is 0 Å². The Kier molecular flexibility index (Phi) is 2.18. The van der Waals surface area contributed by atoms with Gasteiger partial charge in [0, 0.05) is 11.4 Å². The monoisotopic (exact) mass is 202 g/mol. The van der Waals surface area contributed by atoms with Crippen molar-refractivity contribution in [2.75, 3.05) is 6.54 Å². The van der Waals surface area contributed by atoms with Crippen molar-refractivity contribution < 1.29 is 4.52 Å². The molecule has 3 nitrogen and oxygen atoms in total. The van der Waals surface area contributed by atoms with Crippen LogP contribution in [0.5, 0.6) is 0 Å². The van der Waals surface area contributed by atoms with Gasteiger partial charge in [-0.3, -0.25) is 0 Å². The Labute approximate surface area is 88.4 Å². The second-order valence-corrected chi connectivity index (χ2v) is 4.21. The molecule has 0 radical (unpaired) electrons. The number of hydrogen-bond donors (Lipinski definition) is 1. The van der Waals surface area contributed by atoms with Crippen molar-refractivity contribution in [1.29, 1.82) is 0 Å². The summed E-state index contributed by atoms with van der Waals surface area (Å²) in [6.07, 6.45) is 5.38. The molecule has 2 heterocycles. The summed E-state index contributed by atoms with van der Waals surface area (Å²) in [5.41, 5.74) is 2.31. The quantitative estimate of drug-likeness (QED) is 0.810. The van der Waals surface area contributed by atoms with Crippen molar-refractivity contribution in [3.63, 3.8) is 0 Å². The summed E-state index contributed by atoms with van der Waals surface area (Å²) in [6.45, 7) is 1.16. The second kappa shape index (κ2) is 3.66.